The first-order valence-electron chi connectivity index (χ1n) is 9.43. The summed E-state index contributed by atoms with van der Waals surface area (Å²) in [6, 6.07) is -0.547. The first-order chi connectivity index (χ1) is 14.5. The standard InChI is InChI=1S/C19H19N7O4/c1-20-16-12-17(25-10(24-16)3-4-11-22-5-6-30-11)26(8-23-12)13-9-7-19(9,18(29)21-2)15(28)14(13)27/h5-6,8-9,13-15,27-28H,7H2,1-2H3,(H,21,29)(H,20,24,25). The number of carbonyl (C=O) groups excluding carboxylic acids is 1. The van der Waals surface area contributed by atoms with Gasteiger partial charge in [0.15, 0.2) is 17.0 Å². The molecule has 4 N–H and O–H groups in total. The predicted molar refractivity (Wildman–Crippen MR) is 103 cm³/mol. The number of aliphatic hydroxyl groups excluding tert-OH is 2. The van der Waals surface area contributed by atoms with Crippen LogP contribution >= 0.6 is 0 Å². The summed E-state index contributed by atoms with van der Waals surface area (Å²) in [5.41, 5.74) is -0.0390. The fourth-order valence-corrected chi connectivity index (χ4v) is 4.55. The van der Waals surface area contributed by atoms with Crippen LogP contribution in [0, 0.1) is 23.2 Å². The van der Waals surface area contributed by atoms with Gasteiger partial charge in [-0.15, -0.1) is 0 Å². The van der Waals surface area contributed by atoms with Crippen molar-refractivity contribution in [2.24, 2.45) is 11.3 Å². The third-order valence-corrected chi connectivity index (χ3v) is 6.02. The lowest BCUT2D eigenvalue weighted by molar-refractivity contribution is -0.132. The monoisotopic (exact) mass is 409 g/mol. The lowest BCUT2D eigenvalue weighted by Crippen LogP contribution is -2.41. The molecule has 5 rings (SSSR count). The molecule has 2 aliphatic carbocycles. The number of anilines is 1. The molecule has 154 valence electrons. The molecule has 3 heterocycles. The van der Waals surface area contributed by atoms with Gasteiger partial charge in [-0.1, -0.05) is 0 Å². The number of hydrogen-bond donors (Lipinski definition) is 4. The fraction of sp³-hybridized carbons (Fsp3) is 0.421. The second kappa shape index (κ2) is 6.51. The van der Waals surface area contributed by atoms with Gasteiger partial charge in [-0.2, -0.15) is 0 Å². The van der Waals surface area contributed by atoms with Gasteiger partial charge in [-0.25, -0.2) is 19.9 Å². The Labute approximate surface area is 170 Å². The largest absolute Gasteiger partial charge is 0.439 e. The highest BCUT2D eigenvalue weighted by molar-refractivity contribution is 5.88. The van der Waals surface area contributed by atoms with E-state index in [2.05, 4.69) is 42.4 Å². The van der Waals surface area contributed by atoms with E-state index in [4.69, 9.17) is 4.42 Å². The van der Waals surface area contributed by atoms with Crippen LogP contribution in [0.15, 0.2) is 23.2 Å². The average molecular weight is 409 g/mol. The first kappa shape index (κ1) is 18.5. The second-order valence-electron chi connectivity index (χ2n) is 7.41. The van der Waals surface area contributed by atoms with Gasteiger partial charge in [0.25, 0.3) is 5.89 Å². The topological polar surface area (TPSA) is 151 Å². The zero-order valence-corrected chi connectivity index (χ0v) is 16.2. The minimum atomic E-state index is -1.17. The van der Waals surface area contributed by atoms with Crippen LogP contribution in [0.2, 0.25) is 0 Å². The van der Waals surface area contributed by atoms with Crippen molar-refractivity contribution in [3.63, 3.8) is 0 Å². The average Bonchev–Trinajstić information content (AvgIpc) is 3.06. The number of aliphatic hydroxyl groups is 2. The Balaban J connectivity index is 1.59. The number of oxazole rings is 1. The fourth-order valence-electron chi connectivity index (χ4n) is 4.55. The summed E-state index contributed by atoms with van der Waals surface area (Å²) in [4.78, 5) is 29.6. The maximum absolute atomic E-state index is 12.4. The van der Waals surface area contributed by atoms with Gasteiger partial charge >= 0.3 is 0 Å². The molecular formula is C19H19N7O4. The van der Waals surface area contributed by atoms with Crippen molar-refractivity contribution in [3.05, 3.63) is 30.5 Å². The third kappa shape index (κ3) is 2.44. The number of nitrogens with one attached hydrogen (secondary N) is 2. The quantitative estimate of drug-likeness (QED) is 0.411. The van der Waals surface area contributed by atoms with Gasteiger partial charge in [0.2, 0.25) is 11.7 Å². The van der Waals surface area contributed by atoms with Crippen molar-refractivity contribution < 1.29 is 19.4 Å². The highest BCUT2D eigenvalue weighted by Crippen LogP contribution is 2.67. The van der Waals surface area contributed by atoms with Crippen LogP contribution in [-0.2, 0) is 4.79 Å². The highest BCUT2D eigenvalue weighted by Gasteiger charge is 2.75. The predicted octanol–water partition coefficient (Wildman–Crippen LogP) is -0.715. The van der Waals surface area contributed by atoms with E-state index < -0.39 is 23.7 Å². The number of aromatic nitrogens is 5. The van der Waals surface area contributed by atoms with Gasteiger partial charge in [0.1, 0.15) is 12.4 Å². The highest BCUT2D eigenvalue weighted by atomic mass is 16.3. The zero-order chi connectivity index (χ0) is 21.0. The Morgan fingerprint density at radius 1 is 1.30 bits per heavy atom. The molecule has 2 aliphatic rings. The lowest BCUT2D eigenvalue weighted by atomic mass is 9.98. The Bertz CT molecular complexity index is 1190. The van der Waals surface area contributed by atoms with Crippen LogP contribution in [0.25, 0.3) is 11.2 Å². The molecular weight excluding hydrogens is 390 g/mol. The summed E-state index contributed by atoms with van der Waals surface area (Å²) in [5, 5.41) is 26.9. The summed E-state index contributed by atoms with van der Waals surface area (Å²) in [6.45, 7) is 0. The van der Waals surface area contributed by atoms with Crippen molar-refractivity contribution in [2.75, 3.05) is 19.4 Å². The Morgan fingerprint density at radius 2 is 2.13 bits per heavy atom. The van der Waals surface area contributed by atoms with Crippen molar-refractivity contribution in [2.45, 2.75) is 24.7 Å². The number of carbonyl (C=O) groups is 1. The minimum absolute atomic E-state index is 0.216. The zero-order valence-electron chi connectivity index (χ0n) is 16.2. The molecule has 2 saturated carbocycles. The van der Waals surface area contributed by atoms with E-state index in [1.807, 2.05) is 0 Å². The van der Waals surface area contributed by atoms with Crippen LogP contribution in [0.5, 0.6) is 0 Å². The van der Waals surface area contributed by atoms with Gasteiger partial charge < -0.3 is 29.8 Å². The third-order valence-electron chi connectivity index (χ3n) is 6.02. The van der Waals surface area contributed by atoms with Crippen LogP contribution in [0.3, 0.4) is 0 Å². The molecule has 11 nitrogen and oxygen atoms in total. The van der Waals surface area contributed by atoms with E-state index in [0.29, 0.717) is 23.4 Å². The summed E-state index contributed by atoms with van der Waals surface area (Å²) < 4.78 is 6.81. The number of fused-ring (bicyclic) bond motifs is 2. The van der Waals surface area contributed by atoms with E-state index in [1.54, 1.807) is 17.9 Å². The normalized spacial score (nSPS) is 29.2. The molecule has 5 atom stereocenters. The number of rotatable bonds is 3. The van der Waals surface area contributed by atoms with Crippen molar-refractivity contribution in [1.29, 1.82) is 0 Å². The van der Waals surface area contributed by atoms with Crippen LogP contribution in [0.1, 0.15) is 24.2 Å². The number of amides is 1. The van der Waals surface area contributed by atoms with Crippen LogP contribution < -0.4 is 10.6 Å². The number of hydrogen-bond acceptors (Lipinski definition) is 9. The molecule has 30 heavy (non-hydrogen) atoms. The number of nitrogens with zero attached hydrogens (tertiary/aromatic N) is 5. The summed E-state index contributed by atoms with van der Waals surface area (Å²) in [5.74, 6) is 5.99. The Kier molecular flexibility index (Phi) is 4.02. The molecule has 0 aliphatic heterocycles. The molecule has 1 amide bonds. The molecule has 5 unspecified atom stereocenters. The summed E-state index contributed by atoms with van der Waals surface area (Å²) >= 11 is 0. The molecule has 3 aromatic heterocycles. The smallest absolute Gasteiger partial charge is 0.273 e. The SMILES string of the molecule is CNC(=O)C12CC1C(n1cnc3c(NC)nc(C#Cc4ncco4)nc31)C(O)C2O. The van der Waals surface area contributed by atoms with Crippen LogP contribution in [-0.4, -0.2) is 66.9 Å². The van der Waals surface area contributed by atoms with Gasteiger partial charge in [-0.05, 0) is 12.3 Å². The van der Waals surface area contributed by atoms with Crippen molar-refractivity contribution in [1.82, 2.24) is 29.8 Å². The maximum atomic E-state index is 12.4. The first-order valence-corrected chi connectivity index (χ1v) is 9.43. The van der Waals surface area contributed by atoms with Crippen molar-refractivity contribution in [3.8, 4) is 11.8 Å². The maximum Gasteiger partial charge on any atom is 0.273 e. The molecule has 0 spiro atoms. The van der Waals surface area contributed by atoms with Gasteiger partial charge in [-0.3, -0.25) is 4.79 Å². The van der Waals surface area contributed by atoms with Crippen LogP contribution in [0.4, 0.5) is 5.82 Å². The molecule has 2 fully saturated rings. The number of imidazole rings is 1. The van der Waals surface area contributed by atoms with E-state index in [0.717, 1.165) is 0 Å². The van der Waals surface area contributed by atoms with Gasteiger partial charge in [0, 0.05) is 25.9 Å². The summed E-state index contributed by atoms with van der Waals surface area (Å²) in [7, 11) is 3.23. The molecule has 0 radical (unpaired) electrons. The van der Waals surface area contributed by atoms with E-state index in [1.165, 1.54) is 19.5 Å². The molecule has 3 aromatic rings. The molecule has 11 heteroatoms. The lowest BCUT2D eigenvalue weighted by Gasteiger charge is -2.23. The van der Waals surface area contributed by atoms with E-state index in [9.17, 15) is 15.0 Å². The Morgan fingerprint density at radius 3 is 2.83 bits per heavy atom. The van der Waals surface area contributed by atoms with Crippen molar-refractivity contribution >= 4 is 22.9 Å². The molecule has 0 saturated heterocycles. The minimum Gasteiger partial charge on any atom is -0.439 e. The van der Waals surface area contributed by atoms with Gasteiger partial charge in [0.05, 0.1) is 30.1 Å². The Hall–Kier alpha value is -3.49. The summed E-state index contributed by atoms with van der Waals surface area (Å²) in [6.07, 6.45) is 2.64. The molecule has 0 bridgehead atoms. The second-order valence-corrected chi connectivity index (χ2v) is 7.41. The molecule has 0 aromatic carbocycles. The van der Waals surface area contributed by atoms with E-state index in [-0.39, 0.29) is 23.5 Å². The van der Waals surface area contributed by atoms with E-state index >= 15 is 0 Å².